The SMILES string of the molecule is C/C(=C\COC(=O)c1ccc(/C=C/Br)cc1)CCC[C@@H](C)CCC[C@H](C)CCCC(C)C. The van der Waals surface area contributed by atoms with E-state index >= 15 is 0 Å². The van der Waals surface area contributed by atoms with E-state index in [1.165, 1.54) is 56.9 Å². The van der Waals surface area contributed by atoms with Crippen molar-refractivity contribution in [1.29, 1.82) is 0 Å². The molecular weight excluding hydrogens is 460 g/mol. The number of carbonyl (C=O) groups excluding carboxylic acids is 1. The van der Waals surface area contributed by atoms with Gasteiger partial charge in [0.25, 0.3) is 0 Å². The molecule has 0 unspecified atom stereocenters. The lowest BCUT2D eigenvalue weighted by Gasteiger charge is -2.15. The van der Waals surface area contributed by atoms with Gasteiger partial charge in [-0.25, -0.2) is 4.79 Å². The fourth-order valence-electron chi connectivity index (χ4n) is 3.96. The van der Waals surface area contributed by atoms with Crippen molar-refractivity contribution >= 4 is 28.0 Å². The smallest absolute Gasteiger partial charge is 0.338 e. The van der Waals surface area contributed by atoms with E-state index in [-0.39, 0.29) is 5.97 Å². The molecule has 3 heteroatoms. The molecule has 0 saturated carbocycles. The molecule has 0 aromatic heterocycles. The summed E-state index contributed by atoms with van der Waals surface area (Å²) in [6.45, 7) is 11.9. The highest BCUT2D eigenvalue weighted by atomic mass is 79.9. The Bertz CT molecular complexity index is 688. The minimum absolute atomic E-state index is 0.268. The molecule has 180 valence electrons. The van der Waals surface area contributed by atoms with Crippen LogP contribution in [-0.4, -0.2) is 12.6 Å². The summed E-state index contributed by atoms with van der Waals surface area (Å²) in [7, 11) is 0. The van der Waals surface area contributed by atoms with Crippen LogP contribution in [0.4, 0.5) is 0 Å². The summed E-state index contributed by atoms with van der Waals surface area (Å²) in [6, 6.07) is 7.42. The van der Waals surface area contributed by atoms with Gasteiger partial charge in [-0.15, -0.1) is 0 Å². The largest absolute Gasteiger partial charge is 0.458 e. The van der Waals surface area contributed by atoms with Gasteiger partial charge in [-0.1, -0.05) is 106 Å². The van der Waals surface area contributed by atoms with Crippen LogP contribution < -0.4 is 0 Å². The van der Waals surface area contributed by atoms with Crippen LogP contribution in [0.3, 0.4) is 0 Å². The van der Waals surface area contributed by atoms with E-state index < -0.39 is 0 Å². The zero-order valence-electron chi connectivity index (χ0n) is 21.0. The highest BCUT2D eigenvalue weighted by Gasteiger charge is 2.08. The minimum atomic E-state index is -0.268. The predicted octanol–water partition coefficient (Wildman–Crippen LogP) is 9.59. The number of hydrogen-bond donors (Lipinski definition) is 0. The van der Waals surface area contributed by atoms with Gasteiger partial charge in [0, 0.05) is 0 Å². The molecule has 0 radical (unpaired) electrons. The molecule has 2 nitrogen and oxygen atoms in total. The Morgan fingerprint density at radius 1 is 0.906 bits per heavy atom. The number of ether oxygens (including phenoxy) is 1. The van der Waals surface area contributed by atoms with Gasteiger partial charge in [0.15, 0.2) is 0 Å². The molecule has 0 amide bonds. The Kier molecular flexibility index (Phi) is 15.4. The summed E-state index contributed by atoms with van der Waals surface area (Å²) in [6.07, 6.45) is 15.8. The third kappa shape index (κ3) is 13.9. The van der Waals surface area contributed by atoms with Crippen LogP contribution in [0.15, 0.2) is 40.9 Å². The molecule has 0 spiro atoms. The van der Waals surface area contributed by atoms with Gasteiger partial charge in [0.05, 0.1) is 5.56 Å². The van der Waals surface area contributed by atoms with Gasteiger partial charge in [-0.3, -0.25) is 0 Å². The van der Waals surface area contributed by atoms with Crippen LogP contribution in [0.2, 0.25) is 0 Å². The lowest BCUT2D eigenvalue weighted by molar-refractivity contribution is 0.0549. The molecule has 0 N–H and O–H groups in total. The molecule has 0 saturated heterocycles. The summed E-state index contributed by atoms with van der Waals surface area (Å²) >= 11 is 3.26. The van der Waals surface area contributed by atoms with Crippen molar-refractivity contribution in [3.63, 3.8) is 0 Å². The van der Waals surface area contributed by atoms with Crippen LogP contribution in [-0.2, 0) is 4.74 Å². The van der Waals surface area contributed by atoms with E-state index in [0.717, 1.165) is 29.7 Å². The summed E-state index contributed by atoms with van der Waals surface area (Å²) in [5.74, 6) is 2.24. The van der Waals surface area contributed by atoms with Crippen molar-refractivity contribution in [2.24, 2.45) is 17.8 Å². The number of hydrogen-bond acceptors (Lipinski definition) is 2. The quantitative estimate of drug-likeness (QED) is 0.165. The zero-order chi connectivity index (χ0) is 23.8. The maximum absolute atomic E-state index is 12.2. The van der Waals surface area contributed by atoms with E-state index in [0.29, 0.717) is 12.2 Å². The normalized spacial score (nSPS) is 14.2. The Balaban J connectivity index is 2.16. The van der Waals surface area contributed by atoms with E-state index in [9.17, 15) is 4.79 Å². The highest BCUT2D eigenvalue weighted by Crippen LogP contribution is 2.22. The molecule has 0 aliphatic carbocycles. The number of carbonyl (C=O) groups is 1. The third-order valence-electron chi connectivity index (χ3n) is 6.19. The maximum Gasteiger partial charge on any atom is 0.338 e. The minimum Gasteiger partial charge on any atom is -0.458 e. The Morgan fingerprint density at radius 2 is 1.47 bits per heavy atom. The number of halogens is 1. The average Bonchev–Trinajstić information content (AvgIpc) is 2.74. The van der Waals surface area contributed by atoms with Crippen LogP contribution >= 0.6 is 15.9 Å². The van der Waals surface area contributed by atoms with Crippen LogP contribution in [0.25, 0.3) is 6.08 Å². The third-order valence-corrected chi connectivity index (χ3v) is 6.45. The topological polar surface area (TPSA) is 26.3 Å². The van der Waals surface area contributed by atoms with Gasteiger partial charge in [0.2, 0.25) is 0 Å². The van der Waals surface area contributed by atoms with Gasteiger partial charge < -0.3 is 4.74 Å². The Hall–Kier alpha value is -1.35. The molecule has 32 heavy (non-hydrogen) atoms. The second-order valence-electron chi connectivity index (χ2n) is 9.92. The molecule has 0 aliphatic rings. The number of allylic oxidation sites excluding steroid dienone is 1. The molecular formula is C29H45BrO2. The van der Waals surface area contributed by atoms with Crippen LogP contribution in [0.1, 0.15) is 108 Å². The predicted molar refractivity (Wildman–Crippen MR) is 143 cm³/mol. The monoisotopic (exact) mass is 504 g/mol. The Morgan fingerprint density at radius 3 is 2.03 bits per heavy atom. The fourth-order valence-corrected chi connectivity index (χ4v) is 4.26. The fraction of sp³-hybridized carbons (Fsp3) is 0.621. The molecule has 1 aromatic carbocycles. The second kappa shape index (κ2) is 17.2. The van der Waals surface area contributed by atoms with E-state index in [2.05, 4.69) is 50.5 Å². The summed E-state index contributed by atoms with van der Waals surface area (Å²) in [5, 5.41) is 0. The van der Waals surface area contributed by atoms with Crippen molar-refractivity contribution in [1.82, 2.24) is 0 Å². The summed E-state index contributed by atoms with van der Waals surface area (Å²) in [5.41, 5.74) is 2.94. The summed E-state index contributed by atoms with van der Waals surface area (Å²) in [4.78, 5) is 14.0. The van der Waals surface area contributed by atoms with Crippen LogP contribution in [0.5, 0.6) is 0 Å². The van der Waals surface area contributed by atoms with Crippen LogP contribution in [0, 0.1) is 17.8 Å². The van der Waals surface area contributed by atoms with Gasteiger partial charge >= 0.3 is 5.97 Å². The highest BCUT2D eigenvalue weighted by molar-refractivity contribution is 9.11. The van der Waals surface area contributed by atoms with Crippen molar-refractivity contribution in [3.05, 3.63) is 52.0 Å². The van der Waals surface area contributed by atoms with Crippen molar-refractivity contribution in [3.8, 4) is 0 Å². The molecule has 2 atom stereocenters. The first kappa shape index (κ1) is 28.7. The zero-order valence-corrected chi connectivity index (χ0v) is 22.6. The summed E-state index contributed by atoms with van der Waals surface area (Å²) < 4.78 is 5.40. The molecule has 0 heterocycles. The van der Waals surface area contributed by atoms with Gasteiger partial charge in [0.1, 0.15) is 6.61 Å². The number of rotatable bonds is 16. The molecule has 0 bridgehead atoms. The average molecular weight is 506 g/mol. The van der Waals surface area contributed by atoms with Crippen molar-refractivity contribution < 1.29 is 9.53 Å². The maximum atomic E-state index is 12.2. The molecule has 1 rings (SSSR count). The molecule has 1 aromatic rings. The van der Waals surface area contributed by atoms with E-state index in [4.69, 9.17) is 4.74 Å². The second-order valence-corrected chi connectivity index (χ2v) is 10.5. The number of benzene rings is 1. The molecule has 0 aliphatic heterocycles. The van der Waals surface area contributed by atoms with Crippen molar-refractivity contribution in [2.45, 2.75) is 92.4 Å². The molecule has 0 fully saturated rings. The van der Waals surface area contributed by atoms with Crippen molar-refractivity contribution in [2.75, 3.05) is 6.61 Å². The van der Waals surface area contributed by atoms with Gasteiger partial charge in [-0.05, 0) is 72.4 Å². The van der Waals surface area contributed by atoms with E-state index in [1.807, 2.05) is 24.3 Å². The van der Waals surface area contributed by atoms with E-state index in [1.54, 1.807) is 17.1 Å². The lowest BCUT2D eigenvalue weighted by atomic mass is 9.91. The number of esters is 1. The lowest BCUT2D eigenvalue weighted by Crippen LogP contribution is -2.05. The Labute approximate surface area is 206 Å². The first-order valence-corrected chi connectivity index (χ1v) is 13.4. The first-order valence-electron chi connectivity index (χ1n) is 12.5. The standard InChI is InChI=1S/C29H45BrO2/c1-23(2)9-6-10-24(3)11-7-12-25(4)13-8-14-26(5)20-22-32-29(31)28-17-15-27(16-18-28)19-21-30/h15-21,23-25H,6-14,22H2,1-5H3/b21-19+,26-20+/t24-,25+/m1/s1. The first-order chi connectivity index (χ1) is 15.3. The van der Waals surface area contributed by atoms with Gasteiger partial charge in [-0.2, -0.15) is 0 Å².